The van der Waals surface area contributed by atoms with Gasteiger partial charge in [0.1, 0.15) is 0 Å². The van der Waals surface area contributed by atoms with Crippen LogP contribution in [0.3, 0.4) is 0 Å². The van der Waals surface area contributed by atoms with Gasteiger partial charge in [-0.1, -0.05) is 28.1 Å². The van der Waals surface area contributed by atoms with Crippen LogP contribution in [0.2, 0.25) is 0 Å². The average molecular weight is 299 g/mol. The number of β-amino-alcohol motifs (C(OH)–C–C–N with tert-alkyl or cyclic N) is 1. The molecular weight excluding hydrogens is 280 g/mol. The third-order valence-corrected chi connectivity index (χ3v) is 3.53. The summed E-state index contributed by atoms with van der Waals surface area (Å²) in [7, 11) is 0. The van der Waals surface area contributed by atoms with Gasteiger partial charge < -0.3 is 10.4 Å². The van der Waals surface area contributed by atoms with E-state index >= 15 is 0 Å². The first-order valence-electron chi connectivity index (χ1n) is 6.09. The van der Waals surface area contributed by atoms with Crippen LogP contribution in [0.1, 0.15) is 5.56 Å². The number of halogens is 1. The summed E-state index contributed by atoms with van der Waals surface area (Å²) in [5, 5.41) is 13.4. The van der Waals surface area contributed by atoms with Gasteiger partial charge in [0, 0.05) is 37.2 Å². The van der Waals surface area contributed by atoms with Crippen LogP contribution in [0.25, 0.3) is 0 Å². The number of benzene rings is 1. The van der Waals surface area contributed by atoms with E-state index < -0.39 is 0 Å². The molecule has 0 spiro atoms. The number of aliphatic hydroxyl groups is 1. The minimum absolute atomic E-state index is 0.276. The quantitative estimate of drug-likeness (QED) is 0.878. The van der Waals surface area contributed by atoms with Gasteiger partial charge in [0.05, 0.1) is 6.10 Å². The Morgan fingerprint density at radius 1 is 1.35 bits per heavy atom. The summed E-state index contributed by atoms with van der Waals surface area (Å²) in [4.78, 5) is 2.32. The van der Waals surface area contributed by atoms with Gasteiger partial charge in [-0.25, -0.2) is 0 Å². The smallest absolute Gasteiger partial charge is 0.0707 e. The second-order valence-corrected chi connectivity index (χ2v) is 5.45. The third kappa shape index (κ3) is 4.39. The zero-order valence-electron chi connectivity index (χ0n) is 9.90. The number of nitrogens with zero attached hydrogens (tertiary/aromatic N) is 1. The molecule has 2 rings (SSSR count). The number of aliphatic hydroxyl groups excluding tert-OH is 1. The van der Waals surface area contributed by atoms with Crippen molar-refractivity contribution >= 4 is 15.9 Å². The second kappa shape index (κ2) is 6.50. The summed E-state index contributed by atoms with van der Waals surface area (Å²) in [5.41, 5.74) is 1.18. The van der Waals surface area contributed by atoms with Crippen molar-refractivity contribution in [2.75, 3.05) is 32.7 Å². The maximum Gasteiger partial charge on any atom is 0.0707 e. The molecule has 0 amide bonds. The largest absolute Gasteiger partial charge is 0.391 e. The highest BCUT2D eigenvalue weighted by atomic mass is 79.9. The molecule has 1 aliphatic rings. The highest BCUT2D eigenvalue weighted by Crippen LogP contribution is 2.13. The molecule has 17 heavy (non-hydrogen) atoms. The fraction of sp³-hybridized carbons (Fsp3) is 0.538. The molecule has 1 aliphatic heterocycles. The summed E-state index contributed by atoms with van der Waals surface area (Å²) >= 11 is 3.45. The minimum atomic E-state index is -0.276. The van der Waals surface area contributed by atoms with E-state index in [1.54, 1.807) is 0 Å². The molecule has 1 saturated heterocycles. The molecular formula is C13H19BrN2O. The van der Waals surface area contributed by atoms with Crippen LogP contribution in [0, 0.1) is 0 Å². The Hall–Kier alpha value is -0.420. The van der Waals surface area contributed by atoms with Crippen LogP contribution in [-0.4, -0.2) is 48.8 Å². The fourth-order valence-corrected chi connectivity index (χ4v) is 2.64. The highest BCUT2D eigenvalue weighted by molar-refractivity contribution is 9.10. The monoisotopic (exact) mass is 298 g/mol. The van der Waals surface area contributed by atoms with Gasteiger partial charge in [0.15, 0.2) is 0 Å². The summed E-state index contributed by atoms with van der Waals surface area (Å²) in [6.45, 7) is 4.91. The molecule has 3 nitrogen and oxygen atoms in total. The van der Waals surface area contributed by atoms with E-state index in [1.165, 1.54) is 5.56 Å². The molecule has 1 aromatic rings. The molecule has 2 N–H and O–H groups in total. The first kappa shape index (κ1) is 13.0. The fourth-order valence-electron chi connectivity index (χ4n) is 2.19. The lowest BCUT2D eigenvalue weighted by Gasteiger charge is -2.29. The lowest BCUT2D eigenvalue weighted by atomic mass is 10.1. The summed E-state index contributed by atoms with van der Waals surface area (Å²) < 4.78 is 1.07. The molecule has 0 bridgehead atoms. The Bertz CT molecular complexity index is 353. The molecule has 0 aliphatic carbocycles. The number of nitrogens with one attached hydrogen (secondary N) is 1. The summed E-state index contributed by atoms with van der Waals surface area (Å²) in [6.07, 6.45) is 0.450. The highest BCUT2D eigenvalue weighted by Gasteiger charge is 2.14. The van der Waals surface area contributed by atoms with Crippen LogP contribution in [0.5, 0.6) is 0 Å². The predicted molar refractivity (Wildman–Crippen MR) is 73.2 cm³/mol. The van der Waals surface area contributed by atoms with E-state index in [9.17, 15) is 5.11 Å². The first-order valence-corrected chi connectivity index (χ1v) is 6.89. The van der Waals surface area contributed by atoms with Crippen LogP contribution < -0.4 is 5.32 Å². The van der Waals surface area contributed by atoms with Crippen LogP contribution in [-0.2, 0) is 6.42 Å². The minimum Gasteiger partial charge on any atom is -0.391 e. The maximum atomic E-state index is 10.1. The molecule has 1 unspecified atom stereocenters. The van der Waals surface area contributed by atoms with Crippen molar-refractivity contribution < 1.29 is 5.11 Å². The average Bonchev–Trinajstić information content (AvgIpc) is 2.30. The van der Waals surface area contributed by atoms with Gasteiger partial charge in [-0.3, -0.25) is 4.90 Å². The SMILES string of the molecule is OC(Cc1cccc(Br)c1)CN1CCNCC1. The Balaban J connectivity index is 1.82. The Labute approximate surface area is 111 Å². The van der Waals surface area contributed by atoms with Gasteiger partial charge in [-0.05, 0) is 24.1 Å². The third-order valence-electron chi connectivity index (χ3n) is 3.04. The van der Waals surface area contributed by atoms with Crippen molar-refractivity contribution in [3.8, 4) is 0 Å². The van der Waals surface area contributed by atoms with Gasteiger partial charge >= 0.3 is 0 Å². The normalized spacial score (nSPS) is 19.2. The van der Waals surface area contributed by atoms with E-state index in [-0.39, 0.29) is 6.10 Å². The van der Waals surface area contributed by atoms with Gasteiger partial charge in [0.2, 0.25) is 0 Å². The lowest BCUT2D eigenvalue weighted by Crippen LogP contribution is -2.46. The van der Waals surface area contributed by atoms with E-state index in [1.807, 2.05) is 12.1 Å². The van der Waals surface area contributed by atoms with E-state index in [2.05, 4.69) is 38.3 Å². The van der Waals surface area contributed by atoms with Gasteiger partial charge in [-0.15, -0.1) is 0 Å². The molecule has 4 heteroatoms. The Morgan fingerprint density at radius 2 is 2.12 bits per heavy atom. The van der Waals surface area contributed by atoms with Crippen LogP contribution in [0.4, 0.5) is 0 Å². The summed E-state index contributed by atoms with van der Waals surface area (Å²) in [6, 6.07) is 8.15. The molecule has 94 valence electrons. The molecule has 1 fully saturated rings. The van der Waals surface area contributed by atoms with Crippen molar-refractivity contribution in [1.82, 2.24) is 10.2 Å². The first-order chi connectivity index (χ1) is 8.24. The van der Waals surface area contributed by atoms with Crippen molar-refractivity contribution in [3.05, 3.63) is 34.3 Å². The van der Waals surface area contributed by atoms with Crippen LogP contribution >= 0.6 is 15.9 Å². The number of rotatable bonds is 4. The predicted octanol–water partition coefficient (Wildman–Crippen LogP) is 1.26. The van der Waals surface area contributed by atoms with E-state index in [0.29, 0.717) is 0 Å². The van der Waals surface area contributed by atoms with Crippen molar-refractivity contribution in [1.29, 1.82) is 0 Å². The van der Waals surface area contributed by atoms with Crippen molar-refractivity contribution in [3.63, 3.8) is 0 Å². The van der Waals surface area contributed by atoms with E-state index in [4.69, 9.17) is 0 Å². The number of piperazine rings is 1. The van der Waals surface area contributed by atoms with Gasteiger partial charge in [-0.2, -0.15) is 0 Å². The molecule has 1 heterocycles. The molecule has 0 radical (unpaired) electrons. The zero-order valence-corrected chi connectivity index (χ0v) is 11.5. The molecule has 0 saturated carbocycles. The second-order valence-electron chi connectivity index (χ2n) is 4.54. The number of hydrogen-bond acceptors (Lipinski definition) is 3. The Kier molecular flexibility index (Phi) is 4.98. The lowest BCUT2D eigenvalue weighted by molar-refractivity contribution is 0.105. The standard InChI is InChI=1S/C13H19BrN2O/c14-12-3-1-2-11(8-12)9-13(17)10-16-6-4-15-5-7-16/h1-3,8,13,15,17H,4-7,9-10H2. The van der Waals surface area contributed by atoms with E-state index in [0.717, 1.165) is 43.6 Å². The van der Waals surface area contributed by atoms with Crippen molar-refractivity contribution in [2.24, 2.45) is 0 Å². The Morgan fingerprint density at radius 3 is 2.82 bits per heavy atom. The maximum absolute atomic E-state index is 10.1. The topological polar surface area (TPSA) is 35.5 Å². The molecule has 0 aromatic heterocycles. The number of hydrogen-bond donors (Lipinski definition) is 2. The van der Waals surface area contributed by atoms with Crippen LogP contribution in [0.15, 0.2) is 28.7 Å². The molecule has 1 atom stereocenters. The zero-order chi connectivity index (χ0) is 12.1. The summed E-state index contributed by atoms with van der Waals surface area (Å²) in [5.74, 6) is 0. The molecule has 1 aromatic carbocycles. The van der Waals surface area contributed by atoms with Crippen molar-refractivity contribution in [2.45, 2.75) is 12.5 Å². The van der Waals surface area contributed by atoms with Gasteiger partial charge in [0.25, 0.3) is 0 Å².